The number of alkyl halides is 6. The zero-order valence-electron chi connectivity index (χ0n) is 13.0. The second-order valence-corrected chi connectivity index (χ2v) is 5.28. The maximum atomic E-state index is 13.5. The van der Waals surface area contributed by atoms with Gasteiger partial charge in [0, 0.05) is 0 Å². The summed E-state index contributed by atoms with van der Waals surface area (Å²) >= 11 is 0. The molecule has 0 aliphatic carbocycles. The smallest absolute Gasteiger partial charge is 0.416 e. The molecule has 1 N–H and O–H groups in total. The highest BCUT2D eigenvalue weighted by Gasteiger charge is 2.56. The number of hydrogen-bond donors (Lipinski definition) is 1. The Morgan fingerprint density at radius 1 is 1.08 bits per heavy atom. The van der Waals surface area contributed by atoms with Crippen LogP contribution < -0.4 is 5.32 Å². The van der Waals surface area contributed by atoms with Crippen LogP contribution in [0.5, 0.6) is 0 Å². The maximum absolute atomic E-state index is 13.5. The molecule has 1 aromatic carbocycles. The Morgan fingerprint density at radius 2 is 1.62 bits per heavy atom. The van der Waals surface area contributed by atoms with Crippen LogP contribution in [-0.2, 0) is 16.5 Å². The third-order valence-electron chi connectivity index (χ3n) is 3.42. The maximum Gasteiger partial charge on any atom is 0.416 e. The topological polar surface area (TPSA) is 38.3 Å². The van der Waals surface area contributed by atoms with E-state index >= 15 is 0 Å². The average molecular weight is 357 g/mol. The van der Waals surface area contributed by atoms with Crippen LogP contribution in [0.25, 0.3) is 0 Å². The monoisotopic (exact) mass is 357 g/mol. The molecule has 0 saturated carbocycles. The molecule has 0 saturated heterocycles. The fourth-order valence-electron chi connectivity index (χ4n) is 2.01. The standard InChI is InChI=1S/C15H17F6NO2/c1-3-4-9-24-12(23)22-13(2,15(19,20)21)10-7-5-6-8-11(10)14(16,17)18/h5-8H,3-4,9H2,1-2H3,(H,22,23). The third-order valence-corrected chi connectivity index (χ3v) is 3.42. The van der Waals surface area contributed by atoms with Gasteiger partial charge in [0.1, 0.15) is 0 Å². The zero-order chi connectivity index (χ0) is 18.6. The van der Waals surface area contributed by atoms with Crippen LogP contribution in [0.2, 0.25) is 0 Å². The number of ether oxygens (including phenoxy) is 1. The van der Waals surface area contributed by atoms with E-state index in [2.05, 4.69) is 4.74 Å². The van der Waals surface area contributed by atoms with E-state index in [4.69, 9.17) is 0 Å². The highest BCUT2D eigenvalue weighted by Crippen LogP contribution is 2.44. The van der Waals surface area contributed by atoms with Crippen molar-refractivity contribution in [1.82, 2.24) is 5.32 Å². The third kappa shape index (κ3) is 4.55. The Bertz CT molecular complexity index is 570. The first-order chi connectivity index (χ1) is 10.9. The molecule has 136 valence electrons. The molecule has 0 aliphatic rings. The second kappa shape index (κ2) is 7.31. The normalized spacial score (nSPS) is 14.8. The molecule has 0 aliphatic heterocycles. The SMILES string of the molecule is CCCCOC(=O)NC(C)(c1ccccc1C(F)(F)F)C(F)(F)F. The summed E-state index contributed by atoms with van der Waals surface area (Å²) in [5.74, 6) is 0. The molecule has 9 heteroatoms. The number of hydrogen-bond acceptors (Lipinski definition) is 2. The lowest BCUT2D eigenvalue weighted by Crippen LogP contribution is -2.54. The summed E-state index contributed by atoms with van der Waals surface area (Å²) in [5, 5.41) is 1.53. The molecule has 1 unspecified atom stereocenters. The van der Waals surface area contributed by atoms with Gasteiger partial charge in [-0.2, -0.15) is 26.3 Å². The minimum absolute atomic E-state index is 0.128. The van der Waals surface area contributed by atoms with Crippen molar-refractivity contribution in [3.05, 3.63) is 35.4 Å². The molecule has 24 heavy (non-hydrogen) atoms. The van der Waals surface area contributed by atoms with Crippen molar-refractivity contribution >= 4 is 6.09 Å². The largest absolute Gasteiger partial charge is 0.450 e. The van der Waals surface area contributed by atoms with E-state index in [-0.39, 0.29) is 6.61 Å². The van der Waals surface area contributed by atoms with Crippen LogP contribution in [0.3, 0.4) is 0 Å². The highest BCUT2D eigenvalue weighted by atomic mass is 19.4. The average Bonchev–Trinajstić information content (AvgIpc) is 2.45. The lowest BCUT2D eigenvalue weighted by atomic mass is 9.87. The molecule has 0 heterocycles. The number of benzene rings is 1. The highest BCUT2D eigenvalue weighted by molar-refractivity contribution is 5.69. The van der Waals surface area contributed by atoms with E-state index in [0.29, 0.717) is 31.9 Å². The molecule has 0 aromatic heterocycles. The Hall–Kier alpha value is -1.93. The van der Waals surface area contributed by atoms with Gasteiger partial charge in [-0.1, -0.05) is 31.5 Å². The molecule has 0 radical (unpaired) electrons. The number of alkyl carbamates (subject to hydrolysis) is 1. The summed E-state index contributed by atoms with van der Waals surface area (Å²) in [6, 6.07) is 3.23. The minimum Gasteiger partial charge on any atom is -0.450 e. The van der Waals surface area contributed by atoms with Crippen molar-refractivity contribution in [2.75, 3.05) is 6.61 Å². The van der Waals surface area contributed by atoms with Gasteiger partial charge in [-0.15, -0.1) is 0 Å². The quantitative estimate of drug-likeness (QED) is 0.594. The number of carbonyl (C=O) groups is 1. The van der Waals surface area contributed by atoms with Crippen molar-refractivity contribution in [3.8, 4) is 0 Å². The first kappa shape index (κ1) is 20.1. The second-order valence-electron chi connectivity index (χ2n) is 5.28. The Kier molecular flexibility index (Phi) is 6.13. The molecular formula is C15H17F6NO2. The van der Waals surface area contributed by atoms with Crippen molar-refractivity contribution in [2.45, 2.75) is 44.6 Å². The first-order valence-electron chi connectivity index (χ1n) is 7.12. The molecule has 0 spiro atoms. The fraction of sp³-hybridized carbons (Fsp3) is 0.533. The fourth-order valence-corrected chi connectivity index (χ4v) is 2.01. The van der Waals surface area contributed by atoms with E-state index in [1.54, 1.807) is 6.92 Å². The summed E-state index contributed by atoms with van der Waals surface area (Å²) in [6.07, 6.45) is -10.5. The number of nitrogens with one attached hydrogen (secondary N) is 1. The predicted octanol–water partition coefficient (Wildman–Crippen LogP) is 5.01. The molecule has 0 fully saturated rings. The molecule has 3 nitrogen and oxygen atoms in total. The number of halogens is 6. The number of carbonyl (C=O) groups excluding carboxylic acids is 1. The Labute approximate surface area is 135 Å². The summed E-state index contributed by atoms with van der Waals surface area (Å²) in [4.78, 5) is 11.6. The molecule has 1 atom stereocenters. The lowest BCUT2D eigenvalue weighted by molar-refractivity contribution is -0.196. The van der Waals surface area contributed by atoms with Crippen LogP contribution in [-0.4, -0.2) is 18.9 Å². The van der Waals surface area contributed by atoms with Gasteiger partial charge in [0.25, 0.3) is 0 Å². The van der Waals surface area contributed by atoms with Gasteiger partial charge < -0.3 is 10.1 Å². The van der Waals surface area contributed by atoms with Crippen LogP contribution in [0.15, 0.2) is 24.3 Å². The van der Waals surface area contributed by atoms with E-state index in [0.717, 1.165) is 12.1 Å². The van der Waals surface area contributed by atoms with E-state index in [1.807, 2.05) is 0 Å². The molecule has 1 aromatic rings. The van der Waals surface area contributed by atoms with Gasteiger partial charge in [0.05, 0.1) is 12.2 Å². The number of rotatable bonds is 5. The van der Waals surface area contributed by atoms with Crippen LogP contribution in [0, 0.1) is 0 Å². The van der Waals surface area contributed by atoms with Crippen molar-refractivity contribution in [3.63, 3.8) is 0 Å². The summed E-state index contributed by atoms with van der Waals surface area (Å²) in [7, 11) is 0. The van der Waals surface area contributed by atoms with E-state index in [9.17, 15) is 31.1 Å². The summed E-state index contributed by atoms with van der Waals surface area (Å²) in [5.41, 5.74) is -5.82. The van der Waals surface area contributed by atoms with Crippen LogP contribution in [0.1, 0.15) is 37.8 Å². The lowest BCUT2D eigenvalue weighted by Gasteiger charge is -2.34. The zero-order valence-corrected chi connectivity index (χ0v) is 13.0. The van der Waals surface area contributed by atoms with Gasteiger partial charge in [-0.25, -0.2) is 4.79 Å². The van der Waals surface area contributed by atoms with Gasteiger partial charge in [0.15, 0.2) is 5.54 Å². The van der Waals surface area contributed by atoms with Gasteiger partial charge >= 0.3 is 18.4 Å². The summed E-state index contributed by atoms with van der Waals surface area (Å²) in [6.45, 7) is 2.12. The molecule has 0 bridgehead atoms. The van der Waals surface area contributed by atoms with Crippen molar-refractivity contribution < 1.29 is 35.9 Å². The first-order valence-corrected chi connectivity index (χ1v) is 7.12. The molecule has 1 amide bonds. The Morgan fingerprint density at radius 3 is 2.08 bits per heavy atom. The van der Waals surface area contributed by atoms with Gasteiger partial charge in [0.2, 0.25) is 0 Å². The van der Waals surface area contributed by atoms with Crippen LogP contribution >= 0.6 is 0 Å². The van der Waals surface area contributed by atoms with Gasteiger partial charge in [-0.05, 0) is 25.0 Å². The van der Waals surface area contributed by atoms with E-state index < -0.39 is 35.1 Å². The van der Waals surface area contributed by atoms with Crippen LogP contribution in [0.4, 0.5) is 31.1 Å². The van der Waals surface area contributed by atoms with Gasteiger partial charge in [-0.3, -0.25) is 0 Å². The number of amides is 1. The summed E-state index contributed by atoms with van der Waals surface area (Å²) < 4.78 is 84.1. The molecule has 1 rings (SSSR count). The predicted molar refractivity (Wildman–Crippen MR) is 74.2 cm³/mol. The number of unbranched alkanes of at least 4 members (excludes halogenated alkanes) is 1. The molecular weight excluding hydrogens is 340 g/mol. The van der Waals surface area contributed by atoms with Crippen molar-refractivity contribution in [2.24, 2.45) is 0 Å². The Balaban J connectivity index is 3.26. The van der Waals surface area contributed by atoms with Crippen molar-refractivity contribution in [1.29, 1.82) is 0 Å². The minimum atomic E-state index is -5.17. The van der Waals surface area contributed by atoms with E-state index in [1.165, 1.54) is 5.32 Å².